The lowest BCUT2D eigenvalue weighted by atomic mass is 10.1. The lowest BCUT2D eigenvalue weighted by molar-refractivity contribution is 0.184. The Morgan fingerprint density at radius 2 is 2.10 bits per heavy atom. The van der Waals surface area contributed by atoms with E-state index in [0.717, 1.165) is 18.9 Å². The second kappa shape index (κ2) is 7.77. The predicted octanol–water partition coefficient (Wildman–Crippen LogP) is 2.17. The minimum absolute atomic E-state index is 0.361. The number of hydrogen-bond donors (Lipinski definition) is 1. The lowest BCUT2D eigenvalue weighted by Crippen LogP contribution is -2.26. The zero-order valence-corrected chi connectivity index (χ0v) is 12.0. The molecule has 0 aliphatic heterocycles. The molecule has 2 rings (SSSR count). The van der Waals surface area contributed by atoms with Gasteiger partial charge in [0.1, 0.15) is 0 Å². The van der Waals surface area contributed by atoms with E-state index in [0.29, 0.717) is 24.9 Å². The zero-order chi connectivity index (χ0) is 14.2. The molecular formula is C15H21N3O2. The van der Waals surface area contributed by atoms with Gasteiger partial charge in [-0.05, 0) is 18.9 Å². The molecule has 1 heterocycles. The van der Waals surface area contributed by atoms with Crippen LogP contribution in [-0.4, -0.2) is 29.9 Å². The van der Waals surface area contributed by atoms with Gasteiger partial charge in [-0.1, -0.05) is 35.5 Å². The van der Waals surface area contributed by atoms with Crippen LogP contribution in [0.4, 0.5) is 0 Å². The first-order valence-electron chi connectivity index (χ1n) is 6.85. The molecule has 0 aliphatic carbocycles. The van der Waals surface area contributed by atoms with Crippen LogP contribution in [0.5, 0.6) is 0 Å². The molecular weight excluding hydrogens is 254 g/mol. The van der Waals surface area contributed by atoms with E-state index >= 15 is 0 Å². The first kappa shape index (κ1) is 14.7. The van der Waals surface area contributed by atoms with Crippen LogP contribution in [-0.2, 0) is 17.7 Å². The third kappa shape index (κ3) is 4.75. The minimum Gasteiger partial charge on any atom is -0.385 e. The van der Waals surface area contributed by atoms with Crippen LogP contribution in [0.2, 0.25) is 0 Å². The maximum Gasteiger partial charge on any atom is 0.240 e. The Kier molecular flexibility index (Phi) is 5.70. The Balaban J connectivity index is 1.80. The zero-order valence-electron chi connectivity index (χ0n) is 12.0. The fraction of sp³-hybridized carbons (Fsp3) is 0.467. The number of ether oxygens (including phenoxy) is 1. The molecule has 0 bridgehead atoms. The molecule has 0 saturated carbocycles. The SMILES string of the molecule is COCCC(C)NCc1nc(Cc2ccccc2)no1. The highest BCUT2D eigenvalue weighted by atomic mass is 16.5. The van der Waals surface area contributed by atoms with Crippen LogP contribution in [0.25, 0.3) is 0 Å². The summed E-state index contributed by atoms with van der Waals surface area (Å²) in [5.74, 6) is 1.35. The monoisotopic (exact) mass is 275 g/mol. The highest BCUT2D eigenvalue weighted by Gasteiger charge is 2.08. The van der Waals surface area contributed by atoms with Crippen LogP contribution in [0.15, 0.2) is 34.9 Å². The molecule has 0 aliphatic rings. The normalized spacial score (nSPS) is 12.5. The summed E-state index contributed by atoms with van der Waals surface area (Å²) in [7, 11) is 1.71. The van der Waals surface area contributed by atoms with Crippen LogP contribution in [0.3, 0.4) is 0 Å². The van der Waals surface area contributed by atoms with Crippen molar-refractivity contribution in [1.82, 2.24) is 15.5 Å². The molecule has 1 atom stereocenters. The number of methoxy groups -OCH3 is 1. The van der Waals surface area contributed by atoms with E-state index in [1.807, 2.05) is 18.2 Å². The van der Waals surface area contributed by atoms with E-state index in [1.165, 1.54) is 5.56 Å². The van der Waals surface area contributed by atoms with E-state index in [9.17, 15) is 0 Å². The Bertz CT molecular complexity index is 499. The standard InChI is InChI=1S/C15H21N3O2/c1-12(8-9-19-2)16-11-15-17-14(18-20-15)10-13-6-4-3-5-7-13/h3-7,12,16H,8-11H2,1-2H3. The average Bonchev–Trinajstić information content (AvgIpc) is 2.91. The van der Waals surface area contributed by atoms with Crippen molar-refractivity contribution in [3.8, 4) is 0 Å². The number of hydrogen-bond acceptors (Lipinski definition) is 5. The van der Waals surface area contributed by atoms with Gasteiger partial charge in [0, 0.05) is 26.2 Å². The first-order chi connectivity index (χ1) is 9.78. The fourth-order valence-corrected chi connectivity index (χ4v) is 1.87. The highest BCUT2D eigenvalue weighted by molar-refractivity contribution is 5.18. The highest BCUT2D eigenvalue weighted by Crippen LogP contribution is 2.06. The molecule has 1 unspecified atom stereocenters. The van der Waals surface area contributed by atoms with Gasteiger partial charge in [0.05, 0.1) is 6.54 Å². The fourth-order valence-electron chi connectivity index (χ4n) is 1.87. The molecule has 1 aromatic carbocycles. The summed E-state index contributed by atoms with van der Waals surface area (Å²) in [4.78, 5) is 4.39. The maximum absolute atomic E-state index is 5.24. The van der Waals surface area contributed by atoms with Crippen molar-refractivity contribution < 1.29 is 9.26 Å². The first-order valence-corrected chi connectivity index (χ1v) is 6.85. The van der Waals surface area contributed by atoms with Gasteiger partial charge in [-0.3, -0.25) is 0 Å². The number of aromatic nitrogens is 2. The maximum atomic E-state index is 5.24. The van der Waals surface area contributed by atoms with Crippen molar-refractivity contribution in [2.75, 3.05) is 13.7 Å². The molecule has 5 heteroatoms. The van der Waals surface area contributed by atoms with E-state index in [1.54, 1.807) is 7.11 Å². The van der Waals surface area contributed by atoms with E-state index in [2.05, 4.69) is 34.5 Å². The van der Waals surface area contributed by atoms with Crippen molar-refractivity contribution in [2.24, 2.45) is 0 Å². The summed E-state index contributed by atoms with van der Waals surface area (Å²) in [6.07, 6.45) is 1.66. The smallest absolute Gasteiger partial charge is 0.240 e. The summed E-state index contributed by atoms with van der Waals surface area (Å²) in [5.41, 5.74) is 1.18. The Morgan fingerprint density at radius 1 is 1.30 bits per heavy atom. The number of rotatable bonds is 8. The summed E-state index contributed by atoms with van der Waals surface area (Å²) in [5, 5.41) is 7.34. The molecule has 0 amide bonds. The molecule has 1 aromatic heterocycles. The molecule has 1 N–H and O–H groups in total. The predicted molar refractivity (Wildman–Crippen MR) is 76.3 cm³/mol. The molecule has 5 nitrogen and oxygen atoms in total. The average molecular weight is 275 g/mol. The summed E-state index contributed by atoms with van der Waals surface area (Å²) in [6, 6.07) is 10.5. The molecule has 108 valence electrons. The van der Waals surface area contributed by atoms with Gasteiger partial charge < -0.3 is 14.6 Å². The van der Waals surface area contributed by atoms with E-state index < -0.39 is 0 Å². The Hall–Kier alpha value is -1.72. The van der Waals surface area contributed by atoms with Gasteiger partial charge in [-0.15, -0.1) is 0 Å². The number of nitrogens with one attached hydrogen (secondary N) is 1. The van der Waals surface area contributed by atoms with Gasteiger partial charge in [0.25, 0.3) is 0 Å². The second-order valence-corrected chi connectivity index (χ2v) is 4.83. The Morgan fingerprint density at radius 3 is 2.85 bits per heavy atom. The largest absolute Gasteiger partial charge is 0.385 e. The van der Waals surface area contributed by atoms with E-state index in [4.69, 9.17) is 9.26 Å². The summed E-state index contributed by atoms with van der Waals surface area (Å²) >= 11 is 0. The van der Waals surface area contributed by atoms with Gasteiger partial charge in [-0.25, -0.2) is 0 Å². The van der Waals surface area contributed by atoms with Crippen LogP contribution in [0.1, 0.15) is 30.6 Å². The third-order valence-corrected chi connectivity index (χ3v) is 3.07. The molecule has 20 heavy (non-hydrogen) atoms. The Labute approximate surface area is 119 Å². The summed E-state index contributed by atoms with van der Waals surface area (Å²) in [6.45, 7) is 3.45. The van der Waals surface area contributed by atoms with Gasteiger partial charge in [0.15, 0.2) is 5.82 Å². The van der Waals surface area contributed by atoms with E-state index in [-0.39, 0.29) is 0 Å². The van der Waals surface area contributed by atoms with Crippen molar-refractivity contribution in [3.63, 3.8) is 0 Å². The van der Waals surface area contributed by atoms with Gasteiger partial charge >= 0.3 is 0 Å². The summed E-state index contributed by atoms with van der Waals surface area (Å²) < 4.78 is 10.3. The van der Waals surface area contributed by atoms with Crippen LogP contribution >= 0.6 is 0 Å². The van der Waals surface area contributed by atoms with Gasteiger partial charge in [-0.2, -0.15) is 4.98 Å². The third-order valence-electron chi connectivity index (χ3n) is 3.07. The van der Waals surface area contributed by atoms with Gasteiger partial charge in [0.2, 0.25) is 5.89 Å². The molecule has 2 aromatic rings. The molecule has 0 saturated heterocycles. The number of nitrogens with zero attached hydrogens (tertiary/aromatic N) is 2. The van der Waals surface area contributed by atoms with Crippen molar-refractivity contribution in [2.45, 2.75) is 32.4 Å². The minimum atomic E-state index is 0.361. The van der Waals surface area contributed by atoms with Crippen LogP contribution in [0, 0.1) is 0 Å². The van der Waals surface area contributed by atoms with Crippen molar-refractivity contribution in [1.29, 1.82) is 0 Å². The molecule has 0 radical (unpaired) electrons. The second-order valence-electron chi connectivity index (χ2n) is 4.83. The topological polar surface area (TPSA) is 60.2 Å². The number of benzene rings is 1. The quantitative estimate of drug-likeness (QED) is 0.800. The van der Waals surface area contributed by atoms with Crippen molar-refractivity contribution >= 4 is 0 Å². The molecule has 0 fully saturated rings. The molecule has 0 spiro atoms. The van der Waals surface area contributed by atoms with Crippen molar-refractivity contribution in [3.05, 3.63) is 47.6 Å². The van der Waals surface area contributed by atoms with Crippen LogP contribution < -0.4 is 5.32 Å². The lowest BCUT2D eigenvalue weighted by Gasteiger charge is -2.10.